The molecule has 0 radical (unpaired) electrons. The molecule has 0 spiro atoms. The second-order valence-corrected chi connectivity index (χ2v) is 9.33. The van der Waals surface area contributed by atoms with Crippen LogP contribution in [-0.2, 0) is 52.8 Å². The van der Waals surface area contributed by atoms with Crippen molar-refractivity contribution in [1.82, 2.24) is 0 Å². The van der Waals surface area contributed by atoms with E-state index >= 15 is 0 Å². The van der Waals surface area contributed by atoms with Gasteiger partial charge in [0.25, 0.3) is 0 Å². The average Bonchev–Trinajstić information content (AvgIpc) is 2.95. The van der Waals surface area contributed by atoms with Crippen molar-refractivity contribution in [2.75, 3.05) is 20.3 Å². The molecule has 0 aromatic rings. The van der Waals surface area contributed by atoms with Crippen LogP contribution < -0.4 is 0 Å². The molecule has 3 aliphatic heterocycles. The van der Waals surface area contributed by atoms with Crippen molar-refractivity contribution in [1.29, 1.82) is 0 Å². The molecule has 3 heterocycles. The Hall–Kier alpha value is -0.540. The molecule has 3 rings (SSSR count). The van der Waals surface area contributed by atoms with Crippen LogP contribution in [0.4, 0.5) is 0 Å². The number of fused-ring (bicyclic) bond motifs is 2. The minimum absolute atomic E-state index is 0.0587. The smallest absolute Gasteiger partial charge is 0.394 e. The van der Waals surface area contributed by atoms with Crippen LogP contribution >= 0.6 is 0 Å². The summed E-state index contributed by atoms with van der Waals surface area (Å²) in [6.45, 7) is 0.592. The quantitative estimate of drug-likeness (QED) is 0.250. The molecular formula is C14H24O15S2. The predicted molar refractivity (Wildman–Crippen MR) is 94.0 cm³/mol. The molecule has 3 fully saturated rings. The molecule has 0 aliphatic carbocycles. The molecule has 182 valence electrons. The molecule has 15 nitrogen and oxygen atoms in total. The van der Waals surface area contributed by atoms with E-state index in [4.69, 9.17) is 32.8 Å². The van der Waals surface area contributed by atoms with Gasteiger partial charge < -0.3 is 33.9 Å². The van der Waals surface area contributed by atoms with Crippen LogP contribution in [0.3, 0.4) is 0 Å². The van der Waals surface area contributed by atoms with Crippen LogP contribution in [0.1, 0.15) is 6.92 Å². The maximum Gasteiger partial charge on any atom is 0.397 e. The van der Waals surface area contributed by atoms with E-state index in [2.05, 4.69) is 8.37 Å². The molecule has 3 saturated heterocycles. The van der Waals surface area contributed by atoms with Gasteiger partial charge in [-0.25, -0.2) is 8.37 Å². The highest BCUT2D eigenvalue weighted by Crippen LogP contribution is 2.37. The molecule has 2 bridgehead atoms. The Morgan fingerprint density at radius 3 is 2.13 bits per heavy atom. The zero-order valence-corrected chi connectivity index (χ0v) is 17.9. The normalized spacial score (nSPS) is 43.8. The van der Waals surface area contributed by atoms with Crippen molar-refractivity contribution in [3.63, 3.8) is 0 Å². The summed E-state index contributed by atoms with van der Waals surface area (Å²) in [5.74, 6) is -0.988. The van der Waals surface area contributed by atoms with Crippen LogP contribution in [0.2, 0.25) is 0 Å². The first-order valence-corrected chi connectivity index (χ1v) is 11.8. The number of hydrogen-bond donors (Lipinski definition) is 4. The van der Waals surface area contributed by atoms with E-state index in [1.807, 2.05) is 0 Å². The molecular weight excluding hydrogens is 472 g/mol. The minimum Gasteiger partial charge on any atom is -0.394 e. The van der Waals surface area contributed by atoms with Crippen LogP contribution in [-0.4, -0.2) is 112 Å². The molecule has 0 amide bonds. The third kappa shape index (κ3) is 5.69. The fraction of sp³-hybridized carbons (Fsp3) is 1.00. The first-order valence-electron chi connectivity index (χ1n) is 9.05. The van der Waals surface area contributed by atoms with Crippen LogP contribution in [0.15, 0.2) is 0 Å². The third-order valence-corrected chi connectivity index (χ3v) is 6.16. The van der Waals surface area contributed by atoms with Gasteiger partial charge in [0.1, 0.15) is 36.6 Å². The van der Waals surface area contributed by atoms with Gasteiger partial charge >= 0.3 is 20.8 Å². The first kappa shape index (κ1) is 25.1. The largest absolute Gasteiger partial charge is 0.397 e. The van der Waals surface area contributed by atoms with E-state index in [-0.39, 0.29) is 6.61 Å². The van der Waals surface area contributed by atoms with E-state index in [0.717, 1.165) is 0 Å². The summed E-state index contributed by atoms with van der Waals surface area (Å²) in [6.07, 6.45) is -11.3. The Morgan fingerprint density at radius 1 is 0.968 bits per heavy atom. The van der Waals surface area contributed by atoms with E-state index in [1.54, 1.807) is 0 Å². The monoisotopic (exact) mass is 496 g/mol. The molecule has 10 atom stereocenters. The lowest BCUT2D eigenvalue weighted by Crippen LogP contribution is -2.61. The zero-order valence-electron chi connectivity index (χ0n) is 16.3. The summed E-state index contributed by atoms with van der Waals surface area (Å²) in [4.78, 5) is 0. The van der Waals surface area contributed by atoms with Gasteiger partial charge in [0.05, 0.1) is 13.2 Å². The van der Waals surface area contributed by atoms with Gasteiger partial charge in [0, 0.05) is 13.0 Å². The van der Waals surface area contributed by atoms with Crippen molar-refractivity contribution < 1.29 is 68.2 Å². The Labute approximate surface area is 178 Å². The fourth-order valence-electron chi connectivity index (χ4n) is 3.82. The van der Waals surface area contributed by atoms with E-state index < -0.39 is 88.6 Å². The summed E-state index contributed by atoms with van der Waals surface area (Å²) < 4.78 is 98.9. The number of hydrogen-bond acceptors (Lipinski definition) is 13. The highest BCUT2D eigenvalue weighted by molar-refractivity contribution is 7.81. The first-order chi connectivity index (χ1) is 14.3. The second kappa shape index (κ2) is 9.37. The number of methoxy groups -OCH3 is 1. The van der Waals surface area contributed by atoms with Gasteiger partial charge in [-0.1, -0.05) is 6.92 Å². The van der Waals surface area contributed by atoms with E-state index in [1.165, 1.54) is 14.0 Å². The van der Waals surface area contributed by atoms with Gasteiger partial charge in [-0.15, -0.1) is 0 Å². The van der Waals surface area contributed by atoms with Crippen LogP contribution in [0, 0.1) is 5.92 Å². The van der Waals surface area contributed by atoms with E-state index in [9.17, 15) is 27.0 Å². The molecule has 4 N–H and O–H groups in total. The predicted octanol–water partition coefficient (Wildman–Crippen LogP) is -2.77. The SMILES string of the molecule is CO[C@H]1OC2CO[C@@H](C1OS(=O)(=O)O)[C@H]2O[C@@H]1OC(CO)[C@H](OS(=O)(=O)O)[C@H](C)C1O. The van der Waals surface area contributed by atoms with Gasteiger partial charge in [0.2, 0.25) is 0 Å². The lowest BCUT2D eigenvalue weighted by molar-refractivity contribution is -0.327. The van der Waals surface area contributed by atoms with E-state index in [0.29, 0.717) is 0 Å². The molecule has 0 aromatic carbocycles. The topological polar surface area (TPSA) is 214 Å². The standard InChI is InChI=1S/C14H24O15S2/c1-5-8(16)13(25-6(3-15)9(5)28-30(17,18)19)27-10-7-4-24-11(10)12(14(23-2)26-7)29-31(20,21)22/h5-16H,3-4H2,1-2H3,(H,17,18,19)(H,20,21,22)/t5-,6?,7?,8?,9-,10+,11-,12?,13+,14+/m1/s1. The lowest BCUT2D eigenvalue weighted by Gasteiger charge is -2.45. The van der Waals surface area contributed by atoms with Gasteiger partial charge in [-0.3, -0.25) is 9.11 Å². The highest BCUT2D eigenvalue weighted by atomic mass is 32.3. The fourth-order valence-corrected chi connectivity index (χ4v) is 4.88. The van der Waals surface area contributed by atoms with Crippen molar-refractivity contribution in [3.05, 3.63) is 0 Å². The van der Waals surface area contributed by atoms with Gasteiger partial charge in [-0.2, -0.15) is 16.8 Å². The molecule has 31 heavy (non-hydrogen) atoms. The molecule has 0 saturated carbocycles. The maximum atomic E-state index is 11.2. The van der Waals surface area contributed by atoms with Crippen molar-refractivity contribution in [3.8, 4) is 0 Å². The Bertz CT molecular complexity index is 829. The number of rotatable bonds is 8. The highest BCUT2D eigenvalue weighted by Gasteiger charge is 2.57. The number of ether oxygens (including phenoxy) is 5. The summed E-state index contributed by atoms with van der Waals surface area (Å²) in [5.41, 5.74) is 0. The van der Waals surface area contributed by atoms with Crippen LogP contribution in [0.5, 0.6) is 0 Å². The molecule has 4 unspecified atom stereocenters. The lowest BCUT2D eigenvalue weighted by atomic mass is 9.90. The van der Waals surface area contributed by atoms with Crippen molar-refractivity contribution in [2.45, 2.75) is 62.2 Å². The summed E-state index contributed by atoms with van der Waals surface area (Å²) >= 11 is 0. The third-order valence-electron chi connectivity index (χ3n) is 5.22. The van der Waals surface area contributed by atoms with Crippen LogP contribution in [0.25, 0.3) is 0 Å². The number of aliphatic hydroxyl groups is 2. The summed E-state index contributed by atoms with van der Waals surface area (Å²) in [6, 6.07) is 0. The zero-order chi connectivity index (χ0) is 23.1. The van der Waals surface area contributed by atoms with Crippen molar-refractivity contribution >= 4 is 20.8 Å². The second-order valence-electron chi connectivity index (χ2n) is 7.23. The molecule has 3 aliphatic rings. The molecule has 0 aromatic heterocycles. The Morgan fingerprint density at radius 2 is 1.58 bits per heavy atom. The number of aliphatic hydroxyl groups excluding tert-OH is 2. The maximum absolute atomic E-state index is 11.2. The van der Waals surface area contributed by atoms with Crippen molar-refractivity contribution in [2.24, 2.45) is 5.92 Å². The Balaban J connectivity index is 1.77. The summed E-state index contributed by atoms with van der Waals surface area (Å²) in [7, 11) is -8.59. The summed E-state index contributed by atoms with van der Waals surface area (Å²) in [5, 5.41) is 20.1. The van der Waals surface area contributed by atoms with Gasteiger partial charge in [0.15, 0.2) is 18.7 Å². The average molecular weight is 496 g/mol. The Kier molecular flexibility index (Phi) is 7.58. The molecule has 17 heteroatoms. The minimum atomic E-state index is -4.91. The van der Waals surface area contributed by atoms with Gasteiger partial charge in [-0.05, 0) is 0 Å².